The van der Waals surface area contributed by atoms with Crippen molar-refractivity contribution in [3.8, 4) is 23.0 Å². The van der Waals surface area contributed by atoms with E-state index in [-0.39, 0.29) is 5.75 Å². The second kappa shape index (κ2) is 9.10. The van der Waals surface area contributed by atoms with Crippen LogP contribution >= 0.6 is 0 Å². The molecule has 34 heavy (non-hydrogen) atoms. The summed E-state index contributed by atoms with van der Waals surface area (Å²) in [6.45, 7) is 0. The first-order chi connectivity index (χ1) is 16.2. The lowest BCUT2D eigenvalue weighted by molar-refractivity contribution is 0.355. The number of pyridine rings is 1. The van der Waals surface area contributed by atoms with Crippen LogP contribution in [0, 0.1) is 17.5 Å². The van der Waals surface area contributed by atoms with Crippen LogP contribution in [0.1, 0.15) is 0 Å². The van der Waals surface area contributed by atoms with Crippen molar-refractivity contribution in [2.75, 3.05) is 18.9 Å². The Kier molecular flexibility index (Phi) is 6.20. The van der Waals surface area contributed by atoms with E-state index in [0.717, 1.165) is 30.3 Å². The van der Waals surface area contributed by atoms with Crippen LogP contribution in [0.4, 0.5) is 18.9 Å². The monoisotopic (exact) mass is 490 g/mol. The molecule has 0 spiro atoms. The number of rotatable bonds is 7. The van der Waals surface area contributed by atoms with Crippen LogP contribution < -0.4 is 18.9 Å². The zero-order chi connectivity index (χ0) is 24.5. The van der Waals surface area contributed by atoms with Gasteiger partial charge in [-0.05, 0) is 36.4 Å². The molecule has 7 nitrogen and oxygen atoms in total. The Morgan fingerprint density at radius 2 is 1.50 bits per heavy atom. The Balaban J connectivity index is 1.64. The summed E-state index contributed by atoms with van der Waals surface area (Å²) in [7, 11) is -1.76. The molecule has 0 fully saturated rings. The van der Waals surface area contributed by atoms with Crippen LogP contribution in [-0.2, 0) is 10.0 Å². The van der Waals surface area contributed by atoms with Crippen LogP contribution in [0.15, 0.2) is 65.7 Å². The van der Waals surface area contributed by atoms with E-state index in [2.05, 4.69) is 4.98 Å². The fourth-order valence-corrected chi connectivity index (χ4v) is 4.45. The number of ether oxygens (including phenoxy) is 3. The van der Waals surface area contributed by atoms with Crippen molar-refractivity contribution in [1.29, 1.82) is 0 Å². The highest BCUT2D eigenvalue weighted by atomic mass is 32.2. The number of aromatic nitrogens is 1. The highest BCUT2D eigenvalue weighted by Crippen LogP contribution is 2.37. The molecule has 0 unspecified atom stereocenters. The summed E-state index contributed by atoms with van der Waals surface area (Å²) in [5.41, 5.74) is 0.0212. The molecule has 0 aliphatic heterocycles. The van der Waals surface area contributed by atoms with Gasteiger partial charge < -0.3 is 14.2 Å². The van der Waals surface area contributed by atoms with E-state index < -0.39 is 38.1 Å². The number of anilines is 1. The third-order valence-corrected chi connectivity index (χ3v) is 6.22. The molecule has 1 N–H and O–H groups in total. The minimum atomic E-state index is -4.73. The number of hydrogen-bond acceptors (Lipinski definition) is 6. The second-order valence-electron chi connectivity index (χ2n) is 6.93. The van der Waals surface area contributed by atoms with Gasteiger partial charge in [-0.2, -0.15) is 0 Å². The highest BCUT2D eigenvalue weighted by Gasteiger charge is 2.25. The molecule has 0 aliphatic rings. The molecule has 3 aromatic carbocycles. The molecular formula is C23H17F3N2O5S. The number of methoxy groups -OCH3 is 2. The van der Waals surface area contributed by atoms with Gasteiger partial charge in [0, 0.05) is 23.7 Å². The van der Waals surface area contributed by atoms with Crippen LogP contribution in [0.2, 0.25) is 0 Å². The highest BCUT2D eigenvalue weighted by molar-refractivity contribution is 7.92. The zero-order valence-electron chi connectivity index (χ0n) is 17.8. The fourth-order valence-electron chi connectivity index (χ4n) is 3.24. The average molecular weight is 490 g/mol. The third-order valence-electron chi connectivity index (χ3n) is 4.81. The van der Waals surface area contributed by atoms with E-state index >= 15 is 0 Å². The van der Waals surface area contributed by atoms with Gasteiger partial charge in [-0.25, -0.2) is 21.6 Å². The molecule has 0 amide bonds. The van der Waals surface area contributed by atoms with E-state index in [1.165, 1.54) is 26.5 Å². The Bertz CT molecular complexity index is 1480. The quantitative estimate of drug-likeness (QED) is 0.380. The summed E-state index contributed by atoms with van der Waals surface area (Å²) in [4.78, 5) is 3.05. The average Bonchev–Trinajstić information content (AvgIpc) is 2.79. The largest absolute Gasteiger partial charge is 0.493 e. The SMILES string of the molecule is COc1cc2nccc(Oc3ccc(NS(=O)(=O)c4c(F)cccc4F)c(F)c3)c2cc1OC. The van der Waals surface area contributed by atoms with Gasteiger partial charge in [-0.3, -0.25) is 9.71 Å². The topological polar surface area (TPSA) is 86.8 Å². The predicted molar refractivity (Wildman–Crippen MR) is 118 cm³/mol. The number of benzene rings is 3. The summed E-state index contributed by atoms with van der Waals surface area (Å²) < 4.78 is 85.5. The van der Waals surface area contributed by atoms with Crippen LogP contribution in [0.3, 0.4) is 0 Å². The van der Waals surface area contributed by atoms with E-state index in [4.69, 9.17) is 14.2 Å². The molecule has 4 aromatic rings. The number of halogens is 3. The summed E-state index contributed by atoms with van der Waals surface area (Å²) in [6.07, 6.45) is 1.49. The zero-order valence-corrected chi connectivity index (χ0v) is 18.6. The Morgan fingerprint density at radius 1 is 0.824 bits per heavy atom. The lowest BCUT2D eigenvalue weighted by Crippen LogP contribution is -2.17. The van der Waals surface area contributed by atoms with Crippen LogP contribution in [0.25, 0.3) is 10.9 Å². The standard InChI is InChI=1S/C23H17F3N2O5S/c1-31-21-11-14-19(12-22(21)32-2)27-9-8-20(14)33-13-6-7-18(17(26)10-13)28-34(29,30)23-15(24)4-3-5-16(23)25/h3-12,28H,1-2H3. The minimum Gasteiger partial charge on any atom is -0.493 e. The van der Waals surface area contributed by atoms with Crippen molar-refractivity contribution >= 4 is 26.6 Å². The molecular weight excluding hydrogens is 473 g/mol. The number of nitrogens with zero attached hydrogens (tertiary/aromatic N) is 1. The van der Waals surface area contributed by atoms with Crippen molar-refractivity contribution in [1.82, 2.24) is 4.98 Å². The van der Waals surface area contributed by atoms with Gasteiger partial charge in [-0.1, -0.05) is 6.07 Å². The van der Waals surface area contributed by atoms with E-state index in [1.54, 1.807) is 18.2 Å². The van der Waals surface area contributed by atoms with Gasteiger partial charge >= 0.3 is 0 Å². The number of fused-ring (bicyclic) bond motifs is 1. The Morgan fingerprint density at radius 3 is 2.15 bits per heavy atom. The third kappa shape index (κ3) is 4.42. The van der Waals surface area contributed by atoms with E-state index in [0.29, 0.717) is 28.2 Å². The predicted octanol–water partition coefficient (Wildman–Crippen LogP) is 5.26. The van der Waals surface area contributed by atoms with Crippen molar-refractivity contribution in [2.24, 2.45) is 0 Å². The Labute approximate surface area is 192 Å². The van der Waals surface area contributed by atoms with Gasteiger partial charge in [-0.15, -0.1) is 0 Å². The lowest BCUT2D eigenvalue weighted by atomic mass is 10.2. The molecule has 176 valence electrons. The maximum Gasteiger partial charge on any atom is 0.267 e. The second-order valence-corrected chi connectivity index (χ2v) is 8.55. The first kappa shape index (κ1) is 23.2. The molecule has 0 atom stereocenters. The first-order valence-electron chi connectivity index (χ1n) is 9.68. The maximum atomic E-state index is 14.7. The molecule has 0 aliphatic carbocycles. The lowest BCUT2D eigenvalue weighted by Gasteiger charge is -2.14. The maximum absolute atomic E-state index is 14.7. The molecule has 0 radical (unpaired) electrons. The van der Waals surface area contributed by atoms with E-state index in [9.17, 15) is 21.6 Å². The summed E-state index contributed by atoms with van der Waals surface area (Å²) in [5.74, 6) is -2.35. The van der Waals surface area contributed by atoms with Gasteiger partial charge in [0.2, 0.25) is 0 Å². The number of sulfonamides is 1. The van der Waals surface area contributed by atoms with E-state index in [1.807, 2.05) is 4.72 Å². The summed E-state index contributed by atoms with van der Waals surface area (Å²) in [6, 6.07) is 10.8. The first-order valence-corrected chi connectivity index (χ1v) is 11.2. The van der Waals surface area contributed by atoms with Gasteiger partial charge in [0.1, 0.15) is 23.1 Å². The molecule has 11 heteroatoms. The Hall–Kier alpha value is -3.99. The normalized spacial score (nSPS) is 11.3. The van der Waals surface area contributed by atoms with Gasteiger partial charge in [0.05, 0.1) is 25.4 Å². The molecule has 0 saturated heterocycles. The molecule has 4 rings (SSSR count). The molecule has 1 aromatic heterocycles. The van der Waals surface area contributed by atoms with Gasteiger partial charge in [0.25, 0.3) is 10.0 Å². The van der Waals surface area contributed by atoms with Crippen molar-refractivity contribution in [2.45, 2.75) is 4.90 Å². The summed E-state index contributed by atoms with van der Waals surface area (Å²) in [5, 5.41) is 0.556. The van der Waals surface area contributed by atoms with Crippen molar-refractivity contribution in [3.05, 3.63) is 78.2 Å². The molecule has 0 bridgehead atoms. The summed E-state index contributed by atoms with van der Waals surface area (Å²) >= 11 is 0. The van der Waals surface area contributed by atoms with Crippen LogP contribution in [0.5, 0.6) is 23.0 Å². The number of nitrogens with one attached hydrogen (secondary N) is 1. The molecule has 1 heterocycles. The minimum absolute atomic E-state index is 0.0415. The van der Waals surface area contributed by atoms with Crippen LogP contribution in [-0.4, -0.2) is 27.6 Å². The van der Waals surface area contributed by atoms with Crippen molar-refractivity contribution < 1.29 is 35.8 Å². The van der Waals surface area contributed by atoms with Gasteiger partial charge in [0.15, 0.2) is 22.2 Å². The number of hydrogen-bond donors (Lipinski definition) is 1. The molecule has 0 saturated carbocycles. The van der Waals surface area contributed by atoms with Crippen molar-refractivity contribution in [3.63, 3.8) is 0 Å². The fraction of sp³-hybridized carbons (Fsp3) is 0.0870. The smallest absolute Gasteiger partial charge is 0.267 e.